The summed E-state index contributed by atoms with van der Waals surface area (Å²) in [6, 6.07) is 12.0. The molecule has 0 unspecified atom stereocenters. The number of aryl methyl sites for hydroxylation is 1. The summed E-state index contributed by atoms with van der Waals surface area (Å²) in [5.74, 6) is -0.851. The van der Waals surface area contributed by atoms with Gasteiger partial charge in [-0.2, -0.15) is 0 Å². The molecule has 2 aromatic carbocycles. The van der Waals surface area contributed by atoms with Gasteiger partial charge in [0.2, 0.25) is 0 Å². The van der Waals surface area contributed by atoms with Gasteiger partial charge in [0.25, 0.3) is 0 Å². The van der Waals surface area contributed by atoms with Crippen LogP contribution in [0.15, 0.2) is 54.6 Å². The SMILES string of the molecule is CCO[C@H](CC/C=C/C(=O)O)[C@H](OC(=O)Nc1ccc(C)cc1)c1ccc(OC)c(O)c1. The molecule has 8 heteroatoms. The second-order valence-electron chi connectivity index (χ2n) is 7.06. The summed E-state index contributed by atoms with van der Waals surface area (Å²) in [6.07, 6.45) is 1.27. The summed E-state index contributed by atoms with van der Waals surface area (Å²) >= 11 is 0. The minimum atomic E-state index is -1.04. The molecule has 0 bridgehead atoms. The maximum Gasteiger partial charge on any atom is 0.412 e. The van der Waals surface area contributed by atoms with E-state index in [9.17, 15) is 14.7 Å². The number of hydrogen-bond acceptors (Lipinski definition) is 6. The third-order valence-corrected chi connectivity index (χ3v) is 4.66. The Morgan fingerprint density at radius 2 is 1.88 bits per heavy atom. The van der Waals surface area contributed by atoms with E-state index in [-0.39, 0.29) is 11.5 Å². The van der Waals surface area contributed by atoms with E-state index in [0.29, 0.717) is 30.7 Å². The van der Waals surface area contributed by atoms with Gasteiger partial charge in [-0.1, -0.05) is 29.8 Å². The lowest BCUT2D eigenvalue weighted by atomic mass is 9.99. The zero-order valence-electron chi connectivity index (χ0n) is 18.4. The molecule has 2 atom stereocenters. The number of amides is 1. The van der Waals surface area contributed by atoms with Gasteiger partial charge in [0.15, 0.2) is 17.6 Å². The highest BCUT2D eigenvalue weighted by Gasteiger charge is 2.28. The van der Waals surface area contributed by atoms with Crippen molar-refractivity contribution in [1.29, 1.82) is 0 Å². The Kier molecular flexibility index (Phi) is 9.56. The van der Waals surface area contributed by atoms with Crippen molar-refractivity contribution in [1.82, 2.24) is 0 Å². The number of anilines is 1. The lowest BCUT2D eigenvalue weighted by Gasteiger charge is -2.27. The molecule has 0 saturated carbocycles. The molecule has 1 amide bonds. The summed E-state index contributed by atoms with van der Waals surface area (Å²) < 4.78 is 16.6. The van der Waals surface area contributed by atoms with E-state index in [1.807, 2.05) is 26.0 Å². The van der Waals surface area contributed by atoms with Crippen molar-refractivity contribution in [3.05, 3.63) is 65.7 Å². The van der Waals surface area contributed by atoms with Crippen LogP contribution in [-0.4, -0.2) is 42.1 Å². The smallest absolute Gasteiger partial charge is 0.412 e. The van der Waals surface area contributed by atoms with Crippen molar-refractivity contribution in [3.63, 3.8) is 0 Å². The first-order chi connectivity index (χ1) is 15.3. The standard InChI is InChI=1S/C24H29NO7/c1-4-31-21(7-5-6-8-22(27)28)23(17-11-14-20(30-3)19(26)15-17)32-24(29)25-18-12-9-16(2)10-13-18/h6,8-15,21,23,26H,4-5,7H2,1-3H3,(H,25,29)(H,27,28)/b8-6+/t21-,23-/m1/s1. The van der Waals surface area contributed by atoms with Gasteiger partial charge in [0.1, 0.15) is 0 Å². The molecule has 0 aliphatic carbocycles. The van der Waals surface area contributed by atoms with Crippen LogP contribution >= 0.6 is 0 Å². The van der Waals surface area contributed by atoms with Crippen LogP contribution in [0.5, 0.6) is 11.5 Å². The number of carboxylic acid groups (broad SMARTS) is 1. The Morgan fingerprint density at radius 1 is 1.16 bits per heavy atom. The van der Waals surface area contributed by atoms with Crippen molar-refractivity contribution >= 4 is 17.7 Å². The number of nitrogens with one attached hydrogen (secondary N) is 1. The third-order valence-electron chi connectivity index (χ3n) is 4.66. The first-order valence-corrected chi connectivity index (χ1v) is 10.3. The van der Waals surface area contributed by atoms with Crippen LogP contribution in [0.1, 0.15) is 37.0 Å². The largest absolute Gasteiger partial charge is 0.504 e. The normalized spacial score (nSPS) is 12.8. The topological polar surface area (TPSA) is 114 Å². The molecule has 32 heavy (non-hydrogen) atoms. The number of hydrogen-bond donors (Lipinski definition) is 3. The molecule has 8 nitrogen and oxygen atoms in total. The molecule has 2 aromatic rings. The molecular weight excluding hydrogens is 414 g/mol. The van der Waals surface area contributed by atoms with E-state index in [0.717, 1.165) is 11.6 Å². The van der Waals surface area contributed by atoms with Crippen LogP contribution in [0.2, 0.25) is 0 Å². The predicted molar refractivity (Wildman–Crippen MR) is 120 cm³/mol. The molecule has 2 rings (SSSR count). The average molecular weight is 443 g/mol. The highest BCUT2D eigenvalue weighted by Crippen LogP contribution is 2.34. The number of phenolic OH excluding ortho intramolecular Hbond substituents is 1. The summed E-state index contributed by atoms with van der Waals surface area (Å²) in [5, 5.41) is 21.7. The van der Waals surface area contributed by atoms with Crippen molar-refractivity contribution < 1.29 is 34.0 Å². The Bertz CT molecular complexity index is 924. The number of rotatable bonds is 11. The molecule has 0 radical (unpaired) electrons. The number of phenols is 1. The fourth-order valence-electron chi connectivity index (χ4n) is 3.12. The molecule has 0 fully saturated rings. The van der Waals surface area contributed by atoms with Crippen LogP contribution in [-0.2, 0) is 14.3 Å². The van der Waals surface area contributed by atoms with Crippen LogP contribution in [0, 0.1) is 6.92 Å². The summed E-state index contributed by atoms with van der Waals surface area (Å²) in [5.41, 5.74) is 2.15. The molecule has 0 heterocycles. The number of benzene rings is 2. The lowest BCUT2D eigenvalue weighted by Crippen LogP contribution is -2.29. The fraction of sp³-hybridized carbons (Fsp3) is 0.333. The van der Waals surface area contributed by atoms with Crippen molar-refractivity contribution in [2.75, 3.05) is 19.0 Å². The van der Waals surface area contributed by atoms with Crippen LogP contribution < -0.4 is 10.1 Å². The first kappa shape index (κ1) is 24.7. The second kappa shape index (κ2) is 12.4. The van der Waals surface area contributed by atoms with E-state index in [2.05, 4.69) is 5.32 Å². The lowest BCUT2D eigenvalue weighted by molar-refractivity contribution is -0.131. The van der Waals surface area contributed by atoms with Gasteiger partial charge in [-0.3, -0.25) is 5.32 Å². The van der Waals surface area contributed by atoms with Gasteiger partial charge in [-0.15, -0.1) is 0 Å². The number of aromatic hydroxyl groups is 1. The molecule has 172 valence electrons. The van der Waals surface area contributed by atoms with E-state index < -0.39 is 24.3 Å². The number of aliphatic carboxylic acids is 1. The maximum absolute atomic E-state index is 12.6. The molecule has 0 aromatic heterocycles. The fourth-order valence-corrected chi connectivity index (χ4v) is 3.12. The quantitative estimate of drug-likeness (QED) is 0.426. The number of methoxy groups -OCH3 is 1. The highest BCUT2D eigenvalue weighted by molar-refractivity contribution is 5.84. The molecule has 0 saturated heterocycles. The number of ether oxygens (including phenoxy) is 3. The first-order valence-electron chi connectivity index (χ1n) is 10.3. The van der Waals surface area contributed by atoms with Crippen LogP contribution in [0.4, 0.5) is 10.5 Å². The Balaban J connectivity index is 2.26. The number of carbonyl (C=O) groups is 2. The van der Waals surface area contributed by atoms with Crippen molar-refractivity contribution in [2.45, 2.75) is 38.9 Å². The van der Waals surface area contributed by atoms with Gasteiger partial charge >= 0.3 is 12.1 Å². The van der Waals surface area contributed by atoms with E-state index in [1.165, 1.54) is 19.3 Å². The molecule has 3 N–H and O–H groups in total. The Labute approximate surface area is 187 Å². The zero-order valence-corrected chi connectivity index (χ0v) is 18.4. The summed E-state index contributed by atoms with van der Waals surface area (Å²) in [4.78, 5) is 23.4. The minimum Gasteiger partial charge on any atom is -0.504 e. The van der Waals surface area contributed by atoms with Gasteiger partial charge in [-0.05, 0) is 56.5 Å². The molecule has 0 aliphatic heterocycles. The maximum atomic E-state index is 12.6. The zero-order chi connectivity index (χ0) is 23.5. The van der Waals surface area contributed by atoms with E-state index >= 15 is 0 Å². The van der Waals surface area contributed by atoms with Crippen LogP contribution in [0.25, 0.3) is 0 Å². The molecule has 0 aliphatic rings. The summed E-state index contributed by atoms with van der Waals surface area (Å²) in [7, 11) is 1.44. The number of carboxylic acids is 1. The Hall–Kier alpha value is -3.52. The molecular formula is C24H29NO7. The van der Waals surface area contributed by atoms with Gasteiger partial charge in [-0.25, -0.2) is 9.59 Å². The predicted octanol–water partition coefficient (Wildman–Crippen LogP) is 4.83. The monoisotopic (exact) mass is 443 g/mol. The van der Waals surface area contributed by atoms with E-state index in [4.69, 9.17) is 19.3 Å². The van der Waals surface area contributed by atoms with Gasteiger partial charge in [0, 0.05) is 18.4 Å². The number of carbonyl (C=O) groups excluding carboxylic acids is 1. The number of allylic oxidation sites excluding steroid dienone is 1. The minimum absolute atomic E-state index is 0.0986. The average Bonchev–Trinajstić information content (AvgIpc) is 2.76. The second-order valence-corrected chi connectivity index (χ2v) is 7.06. The van der Waals surface area contributed by atoms with Gasteiger partial charge < -0.3 is 24.4 Å². The van der Waals surface area contributed by atoms with Crippen molar-refractivity contribution in [2.24, 2.45) is 0 Å². The van der Waals surface area contributed by atoms with Gasteiger partial charge in [0.05, 0.1) is 13.2 Å². The highest BCUT2D eigenvalue weighted by atomic mass is 16.6. The molecule has 0 spiro atoms. The van der Waals surface area contributed by atoms with Crippen molar-refractivity contribution in [3.8, 4) is 11.5 Å². The Morgan fingerprint density at radius 3 is 2.47 bits per heavy atom. The van der Waals surface area contributed by atoms with Crippen LogP contribution in [0.3, 0.4) is 0 Å². The van der Waals surface area contributed by atoms with E-state index in [1.54, 1.807) is 24.3 Å². The summed E-state index contributed by atoms with van der Waals surface area (Å²) in [6.45, 7) is 4.11. The third kappa shape index (κ3) is 7.63.